The lowest BCUT2D eigenvalue weighted by atomic mass is 10.0. The first-order chi connectivity index (χ1) is 9.26. The first-order valence-corrected chi connectivity index (χ1v) is 7.13. The van der Waals surface area contributed by atoms with Crippen LogP contribution in [0.5, 0.6) is 0 Å². The molecule has 2 N–H and O–H groups in total. The molecular weight excluding hydrogens is 242 g/mol. The molecule has 2 rings (SSSR count). The van der Waals surface area contributed by atoms with Gasteiger partial charge in [0, 0.05) is 25.6 Å². The van der Waals surface area contributed by atoms with Crippen LogP contribution in [0.4, 0.5) is 0 Å². The van der Waals surface area contributed by atoms with Crippen molar-refractivity contribution in [2.75, 3.05) is 20.1 Å². The van der Waals surface area contributed by atoms with Gasteiger partial charge in [0.25, 0.3) is 5.91 Å². The van der Waals surface area contributed by atoms with Gasteiger partial charge in [-0.1, -0.05) is 6.92 Å². The number of rotatable bonds is 5. The van der Waals surface area contributed by atoms with Gasteiger partial charge < -0.3 is 10.2 Å². The van der Waals surface area contributed by atoms with Crippen LogP contribution < -0.4 is 5.32 Å². The summed E-state index contributed by atoms with van der Waals surface area (Å²) in [4.78, 5) is 18.7. The topological polar surface area (TPSA) is 73.9 Å². The molecule has 106 valence electrons. The second-order valence-electron chi connectivity index (χ2n) is 5.06. The molecule has 1 aromatic heterocycles. The van der Waals surface area contributed by atoms with Gasteiger partial charge >= 0.3 is 0 Å². The predicted octanol–water partition coefficient (Wildman–Crippen LogP) is 0.971. The number of hydrogen-bond acceptors (Lipinski definition) is 4. The number of carbonyl (C=O) groups excluding carboxylic acids is 1. The van der Waals surface area contributed by atoms with Crippen LogP contribution in [0.25, 0.3) is 0 Å². The summed E-state index contributed by atoms with van der Waals surface area (Å²) in [5.41, 5.74) is 0. The minimum atomic E-state index is -0.0430. The van der Waals surface area contributed by atoms with E-state index in [0.717, 1.165) is 44.6 Å². The predicted molar refractivity (Wildman–Crippen MR) is 73.0 cm³/mol. The molecule has 0 spiro atoms. The molecule has 2 heterocycles. The van der Waals surface area contributed by atoms with Crippen LogP contribution >= 0.6 is 0 Å². The summed E-state index contributed by atoms with van der Waals surface area (Å²) in [5, 5.41) is 10.1. The summed E-state index contributed by atoms with van der Waals surface area (Å²) >= 11 is 0. The Morgan fingerprint density at radius 2 is 2.37 bits per heavy atom. The minimum Gasteiger partial charge on any atom is -0.332 e. The fourth-order valence-corrected chi connectivity index (χ4v) is 2.58. The first-order valence-electron chi connectivity index (χ1n) is 7.13. The maximum absolute atomic E-state index is 12.5. The smallest absolute Gasteiger partial charge is 0.293 e. The van der Waals surface area contributed by atoms with Gasteiger partial charge in [0.05, 0.1) is 0 Å². The number of aryl methyl sites for hydroxylation is 1. The van der Waals surface area contributed by atoms with Crippen LogP contribution in [0.15, 0.2) is 0 Å². The van der Waals surface area contributed by atoms with Crippen molar-refractivity contribution in [3.8, 4) is 0 Å². The Hall–Kier alpha value is -1.43. The molecule has 0 bridgehead atoms. The van der Waals surface area contributed by atoms with Crippen molar-refractivity contribution in [2.24, 2.45) is 0 Å². The normalized spacial score (nSPS) is 19.7. The van der Waals surface area contributed by atoms with E-state index >= 15 is 0 Å². The van der Waals surface area contributed by atoms with E-state index in [1.54, 1.807) is 0 Å². The summed E-state index contributed by atoms with van der Waals surface area (Å²) in [6.07, 6.45) is 5.14. The van der Waals surface area contributed by atoms with Crippen molar-refractivity contribution in [1.82, 2.24) is 25.4 Å². The van der Waals surface area contributed by atoms with Crippen molar-refractivity contribution in [3.05, 3.63) is 11.6 Å². The van der Waals surface area contributed by atoms with Gasteiger partial charge in [-0.3, -0.25) is 9.89 Å². The highest BCUT2D eigenvalue weighted by atomic mass is 16.2. The number of H-pyrrole nitrogens is 1. The molecule has 6 heteroatoms. The molecular formula is C13H23N5O. The number of amides is 1. The van der Waals surface area contributed by atoms with Gasteiger partial charge in [-0.25, -0.2) is 4.98 Å². The van der Waals surface area contributed by atoms with Gasteiger partial charge in [-0.15, -0.1) is 5.10 Å². The molecule has 6 nitrogen and oxygen atoms in total. The summed E-state index contributed by atoms with van der Waals surface area (Å²) < 4.78 is 0. The molecule has 1 unspecified atom stereocenters. The molecule has 1 aliphatic heterocycles. The van der Waals surface area contributed by atoms with Crippen molar-refractivity contribution in [2.45, 2.75) is 45.1 Å². The first kappa shape index (κ1) is 14.0. The summed E-state index contributed by atoms with van der Waals surface area (Å²) in [6.45, 7) is 3.72. The number of nitrogens with zero attached hydrogens (tertiary/aromatic N) is 3. The van der Waals surface area contributed by atoms with Crippen LogP contribution in [-0.4, -0.2) is 52.2 Å². The number of piperidine rings is 1. The Morgan fingerprint density at radius 1 is 1.53 bits per heavy atom. The fourth-order valence-electron chi connectivity index (χ4n) is 2.58. The molecule has 1 aromatic rings. The highest BCUT2D eigenvalue weighted by molar-refractivity contribution is 5.90. The van der Waals surface area contributed by atoms with Gasteiger partial charge in [0.1, 0.15) is 5.82 Å². The molecule has 0 aromatic carbocycles. The summed E-state index contributed by atoms with van der Waals surface area (Å²) in [6, 6.07) is 0.263. The number of aromatic nitrogens is 3. The van der Waals surface area contributed by atoms with Crippen molar-refractivity contribution >= 4 is 5.91 Å². The highest BCUT2D eigenvalue weighted by Gasteiger charge is 2.29. The highest BCUT2D eigenvalue weighted by Crippen LogP contribution is 2.18. The lowest BCUT2D eigenvalue weighted by Gasteiger charge is -2.34. The van der Waals surface area contributed by atoms with Crippen LogP contribution in [0.1, 0.15) is 49.1 Å². The SMILES string of the molecule is CCCc1nc(C(=O)N2CCCCC2CNC)n[nH]1. The van der Waals surface area contributed by atoms with E-state index in [1.807, 2.05) is 11.9 Å². The Balaban J connectivity index is 2.07. The van der Waals surface area contributed by atoms with Gasteiger partial charge in [-0.05, 0) is 32.7 Å². The number of likely N-dealkylation sites (N-methyl/N-ethyl adjacent to an activating group) is 1. The lowest BCUT2D eigenvalue weighted by Crippen LogP contribution is -2.48. The monoisotopic (exact) mass is 265 g/mol. The zero-order valence-corrected chi connectivity index (χ0v) is 11.8. The van der Waals surface area contributed by atoms with Crippen LogP contribution in [0, 0.1) is 0 Å². The van der Waals surface area contributed by atoms with E-state index in [2.05, 4.69) is 27.4 Å². The van der Waals surface area contributed by atoms with Crippen LogP contribution in [0.3, 0.4) is 0 Å². The largest absolute Gasteiger partial charge is 0.332 e. The maximum Gasteiger partial charge on any atom is 0.293 e. The molecule has 1 atom stereocenters. The van der Waals surface area contributed by atoms with Gasteiger partial charge in [-0.2, -0.15) is 0 Å². The molecule has 19 heavy (non-hydrogen) atoms. The number of carbonyl (C=O) groups is 1. The van der Waals surface area contributed by atoms with E-state index in [1.165, 1.54) is 6.42 Å². The van der Waals surface area contributed by atoms with Crippen molar-refractivity contribution < 1.29 is 4.79 Å². The molecule has 1 amide bonds. The molecule has 1 aliphatic rings. The Morgan fingerprint density at radius 3 is 3.11 bits per heavy atom. The van der Waals surface area contributed by atoms with Crippen molar-refractivity contribution in [1.29, 1.82) is 0 Å². The third-order valence-corrected chi connectivity index (χ3v) is 3.54. The molecule has 0 aliphatic carbocycles. The molecule has 1 saturated heterocycles. The van der Waals surface area contributed by atoms with E-state index in [9.17, 15) is 4.79 Å². The maximum atomic E-state index is 12.5. The molecule has 1 fully saturated rings. The van der Waals surface area contributed by atoms with E-state index in [-0.39, 0.29) is 11.9 Å². The van der Waals surface area contributed by atoms with Crippen LogP contribution in [0.2, 0.25) is 0 Å². The zero-order valence-electron chi connectivity index (χ0n) is 11.8. The zero-order chi connectivity index (χ0) is 13.7. The van der Waals surface area contributed by atoms with Gasteiger partial charge in [0.2, 0.25) is 5.82 Å². The number of nitrogens with one attached hydrogen (secondary N) is 2. The quantitative estimate of drug-likeness (QED) is 0.832. The number of hydrogen-bond donors (Lipinski definition) is 2. The summed E-state index contributed by atoms with van der Waals surface area (Å²) in [5.74, 6) is 1.07. The fraction of sp³-hybridized carbons (Fsp3) is 0.769. The van der Waals surface area contributed by atoms with Crippen LogP contribution in [-0.2, 0) is 6.42 Å². The van der Waals surface area contributed by atoms with E-state index in [4.69, 9.17) is 0 Å². The summed E-state index contributed by atoms with van der Waals surface area (Å²) in [7, 11) is 1.92. The molecule has 0 radical (unpaired) electrons. The average molecular weight is 265 g/mol. The van der Waals surface area contributed by atoms with Crippen molar-refractivity contribution in [3.63, 3.8) is 0 Å². The van der Waals surface area contributed by atoms with Gasteiger partial charge in [0.15, 0.2) is 0 Å². The number of aromatic amines is 1. The lowest BCUT2D eigenvalue weighted by molar-refractivity contribution is 0.0602. The second-order valence-corrected chi connectivity index (χ2v) is 5.06. The minimum absolute atomic E-state index is 0.0430. The third kappa shape index (κ3) is 3.32. The average Bonchev–Trinajstić information content (AvgIpc) is 2.88. The Kier molecular flexibility index (Phi) is 4.90. The second kappa shape index (κ2) is 6.65. The number of likely N-dealkylation sites (tertiary alicyclic amines) is 1. The molecule has 0 saturated carbocycles. The Labute approximate surface area is 114 Å². The van der Waals surface area contributed by atoms with E-state index in [0.29, 0.717) is 5.82 Å². The Bertz CT molecular complexity index is 415. The third-order valence-electron chi connectivity index (χ3n) is 3.54. The van der Waals surface area contributed by atoms with E-state index < -0.39 is 0 Å². The standard InChI is InChI=1S/C13H23N5O/c1-3-6-11-15-12(17-16-11)13(19)18-8-5-4-7-10(18)9-14-2/h10,14H,3-9H2,1-2H3,(H,15,16,17).